The minimum Gasteiger partial charge on any atom is -0.395 e. The van der Waals surface area contributed by atoms with Crippen LogP contribution in [0, 0.1) is 40.4 Å². The average Bonchev–Trinajstić information content (AvgIpc) is 2.88. The number of carbonyl (C=O) groups is 1. The molecule has 4 heteroatoms. The molecule has 0 aromatic carbocycles. The van der Waals surface area contributed by atoms with Gasteiger partial charge in [0.2, 0.25) is 0 Å². The second-order valence-corrected chi connectivity index (χ2v) is 9.49. The van der Waals surface area contributed by atoms with Crippen LogP contribution in [0.2, 0.25) is 0 Å². The molecule has 1 unspecified atom stereocenters. The molecule has 0 amide bonds. The van der Waals surface area contributed by atoms with Gasteiger partial charge in [0.1, 0.15) is 5.78 Å². The van der Waals surface area contributed by atoms with E-state index in [1.165, 1.54) is 0 Å². The normalized spacial score (nSPS) is 57.2. The van der Waals surface area contributed by atoms with E-state index in [0.717, 1.165) is 32.1 Å². The molecule has 4 nitrogen and oxygen atoms in total. The van der Waals surface area contributed by atoms with Gasteiger partial charge in [0.25, 0.3) is 0 Å². The summed E-state index contributed by atoms with van der Waals surface area (Å²) in [5.74, 6) is 1.88. The lowest BCUT2D eigenvalue weighted by Gasteiger charge is -2.63. The molecule has 0 aromatic heterocycles. The molecule has 4 aliphatic carbocycles. The standard InChI is InChI=1S/C20H32O4/c1-11-7-12(22)8-16-17(23)9-13-14(19(11,16)2)5-6-20(10-21)15(13)3-4-18(20)24/h11-17,21-23H,3-10H2,1-2H3/t11-,12+,13+,14-,15-,16+,17?,19+,20+/m0/s1. The third-order valence-electron chi connectivity index (χ3n) is 8.95. The molecule has 3 N–H and O–H groups in total. The molecule has 0 heterocycles. The van der Waals surface area contributed by atoms with Crippen molar-refractivity contribution in [1.82, 2.24) is 0 Å². The molecule has 4 rings (SSSR count). The van der Waals surface area contributed by atoms with Gasteiger partial charge in [0, 0.05) is 6.42 Å². The summed E-state index contributed by atoms with van der Waals surface area (Å²) in [5, 5.41) is 31.2. The molecule has 0 saturated heterocycles. The molecule has 0 spiro atoms. The summed E-state index contributed by atoms with van der Waals surface area (Å²) in [4.78, 5) is 12.5. The predicted molar refractivity (Wildman–Crippen MR) is 90.1 cm³/mol. The molecule has 136 valence electrons. The maximum Gasteiger partial charge on any atom is 0.141 e. The van der Waals surface area contributed by atoms with Gasteiger partial charge in [-0.25, -0.2) is 0 Å². The number of hydrogen-bond acceptors (Lipinski definition) is 4. The highest BCUT2D eigenvalue weighted by Crippen LogP contribution is 2.66. The van der Waals surface area contributed by atoms with Crippen LogP contribution in [0.25, 0.3) is 0 Å². The predicted octanol–water partition coefficient (Wildman–Crippen LogP) is 2.15. The number of aliphatic hydroxyl groups excluding tert-OH is 3. The Morgan fingerprint density at radius 3 is 2.54 bits per heavy atom. The first kappa shape index (κ1) is 17.0. The first-order valence-electron chi connectivity index (χ1n) is 9.85. The van der Waals surface area contributed by atoms with Crippen molar-refractivity contribution >= 4 is 5.78 Å². The van der Waals surface area contributed by atoms with Crippen molar-refractivity contribution in [1.29, 1.82) is 0 Å². The summed E-state index contributed by atoms with van der Waals surface area (Å²) in [7, 11) is 0. The monoisotopic (exact) mass is 336 g/mol. The summed E-state index contributed by atoms with van der Waals surface area (Å²) in [5.41, 5.74) is -0.490. The van der Waals surface area contributed by atoms with Crippen LogP contribution in [-0.4, -0.2) is 39.9 Å². The minimum atomic E-state index is -0.526. The average molecular weight is 336 g/mol. The molecule has 4 fully saturated rings. The molecule has 9 atom stereocenters. The van der Waals surface area contributed by atoms with E-state index >= 15 is 0 Å². The van der Waals surface area contributed by atoms with Gasteiger partial charge in [0.05, 0.1) is 24.2 Å². The molecule has 0 aromatic rings. The number of fused-ring (bicyclic) bond motifs is 5. The number of aliphatic hydroxyl groups is 3. The molecule has 4 saturated carbocycles. The largest absolute Gasteiger partial charge is 0.395 e. The maximum absolute atomic E-state index is 12.5. The van der Waals surface area contributed by atoms with Gasteiger partial charge in [-0.3, -0.25) is 4.79 Å². The Hall–Kier alpha value is -0.450. The summed E-state index contributed by atoms with van der Waals surface area (Å²) >= 11 is 0. The number of rotatable bonds is 1. The lowest BCUT2D eigenvalue weighted by atomic mass is 9.42. The topological polar surface area (TPSA) is 77.8 Å². The fourth-order valence-electron chi connectivity index (χ4n) is 7.59. The van der Waals surface area contributed by atoms with Gasteiger partial charge in [-0.15, -0.1) is 0 Å². The minimum absolute atomic E-state index is 0.0236. The molecular weight excluding hydrogens is 304 g/mol. The second kappa shape index (κ2) is 5.52. The second-order valence-electron chi connectivity index (χ2n) is 9.49. The van der Waals surface area contributed by atoms with Crippen molar-refractivity contribution in [2.75, 3.05) is 6.61 Å². The zero-order chi connectivity index (χ0) is 17.3. The van der Waals surface area contributed by atoms with Gasteiger partial charge in [-0.05, 0) is 73.5 Å². The van der Waals surface area contributed by atoms with E-state index in [-0.39, 0.29) is 41.8 Å². The van der Waals surface area contributed by atoms with E-state index in [1.54, 1.807) is 0 Å². The van der Waals surface area contributed by atoms with E-state index < -0.39 is 5.41 Å². The van der Waals surface area contributed by atoms with Crippen LogP contribution in [0.15, 0.2) is 0 Å². The van der Waals surface area contributed by atoms with Crippen molar-refractivity contribution in [3.05, 3.63) is 0 Å². The quantitative estimate of drug-likeness (QED) is 0.686. The third-order valence-corrected chi connectivity index (χ3v) is 8.95. The van der Waals surface area contributed by atoms with Crippen LogP contribution in [0.4, 0.5) is 0 Å². The van der Waals surface area contributed by atoms with Gasteiger partial charge >= 0.3 is 0 Å². The van der Waals surface area contributed by atoms with E-state index in [9.17, 15) is 20.1 Å². The molecule has 0 aliphatic heterocycles. The Balaban J connectivity index is 1.72. The Bertz CT molecular complexity index is 534. The number of carbonyl (C=O) groups excluding carboxylic acids is 1. The van der Waals surface area contributed by atoms with Crippen molar-refractivity contribution in [2.45, 2.75) is 71.0 Å². The van der Waals surface area contributed by atoms with E-state index in [0.29, 0.717) is 30.6 Å². The van der Waals surface area contributed by atoms with E-state index in [1.807, 2.05) is 0 Å². The van der Waals surface area contributed by atoms with Crippen LogP contribution >= 0.6 is 0 Å². The zero-order valence-electron chi connectivity index (χ0n) is 14.9. The van der Waals surface area contributed by atoms with Crippen LogP contribution in [0.3, 0.4) is 0 Å². The van der Waals surface area contributed by atoms with E-state index in [4.69, 9.17) is 0 Å². The molecule has 4 aliphatic rings. The third kappa shape index (κ3) is 1.99. The molecule has 0 radical (unpaired) electrons. The fourth-order valence-corrected chi connectivity index (χ4v) is 7.59. The Labute approximate surface area is 144 Å². The zero-order valence-corrected chi connectivity index (χ0v) is 14.9. The molecule has 0 bridgehead atoms. The Morgan fingerprint density at radius 2 is 1.83 bits per heavy atom. The Kier molecular flexibility index (Phi) is 3.91. The lowest BCUT2D eigenvalue weighted by Crippen LogP contribution is -2.61. The SMILES string of the molecule is C[C@H]1C[C@@H](O)C[C@@H]2C(O)C[C@H]3[C@@H]4CCC(=O)[C@@]4(CO)CC[C@@H]3[C@]21C. The molecular formula is C20H32O4. The van der Waals surface area contributed by atoms with Gasteiger partial charge in [-0.2, -0.15) is 0 Å². The van der Waals surface area contributed by atoms with Crippen molar-refractivity contribution in [2.24, 2.45) is 40.4 Å². The van der Waals surface area contributed by atoms with Crippen molar-refractivity contribution in [3.8, 4) is 0 Å². The van der Waals surface area contributed by atoms with Gasteiger partial charge < -0.3 is 15.3 Å². The highest BCUT2D eigenvalue weighted by molar-refractivity contribution is 5.87. The summed E-state index contributed by atoms with van der Waals surface area (Å²) in [6.45, 7) is 4.54. The fraction of sp³-hybridized carbons (Fsp3) is 0.950. The van der Waals surface area contributed by atoms with Crippen LogP contribution in [0.5, 0.6) is 0 Å². The molecule has 24 heavy (non-hydrogen) atoms. The summed E-state index contributed by atoms with van der Waals surface area (Å²) in [6, 6.07) is 0. The first-order valence-corrected chi connectivity index (χ1v) is 9.85. The Morgan fingerprint density at radius 1 is 1.08 bits per heavy atom. The lowest BCUT2D eigenvalue weighted by molar-refractivity contribution is -0.194. The van der Waals surface area contributed by atoms with Crippen LogP contribution < -0.4 is 0 Å². The summed E-state index contributed by atoms with van der Waals surface area (Å²) in [6.07, 6.45) is 4.84. The van der Waals surface area contributed by atoms with Crippen LogP contribution in [-0.2, 0) is 4.79 Å². The van der Waals surface area contributed by atoms with E-state index in [2.05, 4.69) is 13.8 Å². The van der Waals surface area contributed by atoms with Crippen molar-refractivity contribution in [3.63, 3.8) is 0 Å². The van der Waals surface area contributed by atoms with Gasteiger partial charge in [0.15, 0.2) is 0 Å². The first-order chi connectivity index (χ1) is 11.3. The number of ketones is 1. The number of Topliss-reactive ketones (excluding diaryl/α,β-unsaturated/α-hetero) is 1. The highest BCUT2D eigenvalue weighted by Gasteiger charge is 2.64. The maximum atomic E-state index is 12.5. The van der Waals surface area contributed by atoms with Gasteiger partial charge in [-0.1, -0.05) is 13.8 Å². The van der Waals surface area contributed by atoms with Crippen molar-refractivity contribution < 1.29 is 20.1 Å². The van der Waals surface area contributed by atoms with Crippen LogP contribution in [0.1, 0.15) is 58.8 Å². The smallest absolute Gasteiger partial charge is 0.141 e. The highest BCUT2D eigenvalue weighted by atomic mass is 16.3. The summed E-state index contributed by atoms with van der Waals surface area (Å²) < 4.78 is 0. The number of hydrogen-bond donors (Lipinski definition) is 3.